The van der Waals surface area contributed by atoms with E-state index in [1.54, 1.807) is 7.11 Å². The summed E-state index contributed by atoms with van der Waals surface area (Å²) >= 11 is 0. The van der Waals surface area contributed by atoms with Crippen molar-refractivity contribution in [2.45, 2.75) is 25.9 Å². The highest BCUT2D eigenvalue weighted by atomic mass is 16.5. The molecule has 2 rings (SSSR count). The van der Waals surface area contributed by atoms with Crippen LogP contribution in [-0.2, 0) is 4.74 Å². The summed E-state index contributed by atoms with van der Waals surface area (Å²) in [5.41, 5.74) is 0. The van der Waals surface area contributed by atoms with Gasteiger partial charge < -0.3 is 19.5 Å². The number of rotatable bonds is 7. The molecule has 1 N–H and O–H groups in total. The van der Waals surface area contributed by atoms with E-state index in [9.17, 15) is 0 Å². The van der Waals surface area contributed by atoms with E-state index in [0.29, 0.717) is 19.1 Å². The Morgan fingerprint density at radius 3 is 2.75 bits per heavy atom. The third-order valence-corrected chi connectivity index (χ3v) is 3.71. The number of piperidine rings is 1. The van der Waals surface area contributed by atoms with Crippen LogP contribution in [-0.4, -0.2) is 39.5 Å². The second-order valence-electron chi connectivity index (χ2n) is 5.22. The molecule has 112 valence electrons. The largest absolute Gasteiger partial charge is 0.487 e. The van der Waals surface area contributed by atoms with Crippen LogP contribution < -0.4 is 14.8 Å². The molecule has 1 unspecified atom stereocenters. The molecule has 1 aliphatic rings. The zero-order valence-corrected chi connectivity index (χ0v) is 12.4. The Kier molecular flexibility index (Phi) is 6.15. The lowest BCUT2D eigenvalue weighted by Gasteiger charge is -2.29. The number of ether oxygens (including phenoxy) is 3. The molecule has 0 spiro atoms. The second kappa shape index (κ2) is 8.12. The summed E-state index contributed by atoms with van der Waals surface area (Å²) in [4.78, 5) is 0. The Hall–Kier alpha value is -1.26. The minimum atomic E-state index is 0.190. The van der Waals surface area contributed by atoms with Crippen molar-refractivity contribution in [2.24, 2.45) is 5.92 Å². The molecular formula is C16H25NO3. The van der Waals surface area contributed by atoms with Gasteiger partial charge in [0.1, 0.15) is 12.7 Å². The van der Waals surface area contributed by atoms with Crippen molar-refractivity contribution in [3.63, 3.8) is 0 Å². The molecule has 4 heteroatoms. The normalized spacial score (nSPS) is 20.4. The van der Waals surface area contributed by atoms with Gasteiger partial charge in [0.25, 0.3) is 0 Å². The Morgan fingerprint density at radius 2 is 2.05 bits per heavy atom. The van der Waals surface area contributed by atoms with Crippen LogP contribution in [0.15, 0.2) is 24.3 Å². The first-order chi connectivity index (χ1) is 9.81. The van der Waals surface area contributed by atoms with Gasteiger partial charge in [-0.3, -0.25) is 0 Å². The quantitative estimate of drug-likeness (QED) is 0.778. The van der Waals surface area contributed by atoms with Gasteiger partial charge in [-0.25, -0.2) is 0 Å². The third-order valence-electron chi connectivity index (χ3n) is 3.71. The Morgan fingerprint density at radius 1 is 1.25 bits per heavy atom. The van der Waals surface area contributed by atoms with Crippen molar-refractivity contribution in [3.8, 4) is 11.5 Å². The first kappa shape index (κ1) is 15.1. The van der Waals surface area contributed by atoms with Gasteiger partial charge in [-0.2, -0.15) is 0 Å². The lowest BCUT2D eigenvalue weighted by Crippen LogP contribution is -2.37. The number of hydrogen-bond donors (Lipinski definition) is 1. The van der Waals surface area contributed by atoms with Gasteiger partial charge in [0, 0.05) is 19.6 Å². The average molecular weight is 279 g/mol. The summed E-state index contributed by atoms with van der Waals surface area (Å²) in [5, 5.41) is 3.43. The molecule has 0 radical (unpaired) electrons. The standard InChI is InChI=1S/C16H25NO3/c1-13(14-6-5-9-17-12-14)20-16-8-4-3-7-15(16)19-11-10-18-2/h3-4,7-8,13-14,17H,5-6,9-12H2,1-2H3/t13-,14?/m0/s1. The monoisotopic (exact) mass is 279 g/mol. The molecule has 0 saturated carbocycles. The maximum Gasteiger partial charge on any atom is 0.161 e. The van der Waals surface area contributed by atoms with Crippen molar-refractivity contribution >= 4 is 0 Å². The van der Waals surface area contributed by atoms with E-state index in [4.69, 9.17) is 14.2 Å². The van der Waals surface area contributed by atoms with Crippen molar-refractivity contribution in [1.29, 1.82) is 0 Å². The van der Waals surface area contributed by atoms with Crippen molar-refractivity contribution in [1.82, 2.24) is 5.32 Å². The molecule has 2 atom stereocenters. The third kappa shape index (κ3) is 4.39. The lowest BCUT2D eigenvalue weighted by molar-refractivity contribution is 0.117. The number of benzene rings is 1. The van der Waals surface area contributed by atoms with Gasteiger partial charge in [-0.1, -0.05) is 12.1 Å². The summed E-state index contributed by atoms with van der Waals surface area (Å²) in [6.07, 6.45) is 2.64. The molecule has 0 amide bonds. The molecule has 4 nitrogen and oxygen atoms in total. The summed E-state index contributed by atoms with van der Waals surface area (Å²) in [6, 6.07) is 7.85. The molecule has 1 saturated heterocycles. The fourth-order valence-corrected chi connectivity index (χ4v) is 2.48. The fourth-order valence-electron chi connectivity index (χ4n) is 2.48. The SMILES string of the molecule is COCCOc1ccccc1O[C@@H](C)C1CCCNC1. The molecule has 1 heterocycles. The van der Waals surface area contributed by atoms with Gasteiger partial charge in [0.2, 0.25) is 0 Å². The maximum absolute atomic E-state index is 6.11. The Labute approximate surface area is 121 Å². The highest BCUT2D eigenvalue weighted by Gasteiger charge is 2.22. The fraction of sp³-hybridized carbons (Fsp3) is 0.625. The van der Waals surface area contributed by atoms with Crippen LogP contribution in [0, 0.1) is 5.92 Å². The molecule has 20 heavy (non-hydrogen) atoms. The molecule has 0 aliphatic carbocycles. The summed E-state index contributed by atoms with van der Waals surface area (Å²) in [5.74, 6) is 2.18. The van der Waals surface area contributed by atoms with Crippen molar-refractivity contribution in [3.05, 3.63) is 24.3 Å². The molecule has 1 aliphatic heterocycles. The first-order valence-corrected chi connectivity index (χ1v) is 7.39. The van der Waals surface area contributed by atoms with Gasteiger partial charge in [0.05, 0.1) is 6.61 Å². The van der Waals surface area contributed by atoms with E-state index in [0.717, 1.165) is 24.6 Å². The molecule has 0 bridgehead atoms. The van der Waals surface area contributed by atoms with Gasteiger partial charge in [-0.15, -0.1) is 0 Å². The van der Waals surface area contributed by atoms with E-state index < -0.39 is 0 Å². The van der Waals surface area contributed by atoms with Gasteiger partial charge in [0.15, 0.2) is 11.5 Å². The van der Waals surface area contributed by atoms with Crippen LogP contribution in [0.4, 0.5) is 0 Å². The van der Waals surface area contributed by atoms with E-state index in [2.05, 4.69) is 12.2 Å². The topological polar surface area (TPSA) is 39.7 Å². The van der Waals surface area contributed by atoms with Crippen LogP contribution in [0.5, 0.6) is 11.5 Å². The minimum Gasteiger partial charge on any atom is -0.487 e. The summed E-state index contributed by atoms with van der Waals surface area (Å²) in [7, 11) is 1.67. The summed E-state index contributed by atoms with van der Waals surface area (Å²) in [6.45, 7) is 5.42. The van der Waals surface area contributed by atoms with E-state index in [-0.39, 0.29) is 6.10 Å². The van der Waals surface area contributed by atoms with Crippen molar-refractivity contribution in [2.75, 3.05) is 33.4 Å². The van der Waals surface area contributed by atoms with Crippen LogP contribution in [0.1, 0.15) is 19.8 Å². The smallest absolute Gasteiger partial charge is 0.161 e. The van der Waals surface area contributed by atoms with E-state index in [1.165, 1.54) is 12.8 Å². The van der Waals surface area contributed by atoms with Crippen LogP contribution in [0.2, 0.25) is 0 Å². The summed E-state index contributed by atoms with van der Waals surface area (Å²) < 4.78 is 16.8. The predicted octanol–water partition coefficient (Wildman–Crippen LogP) is 2.48. The molecule has 1 aromatic carbocycles. The minimum absolute atomic E-state index is 0.190. The van der Waals surface area contributed by atoms with Crippen LogP contribution in [0.25, 0.3) is 0 Å². The highest BCUT2D eigenvalue weighted by Crippen LogP contribution is 2.29. The highest BCUT2D eigenvalue weighted by molar-refractivity contribution is 5.39. The second-order valence-corrected chi connectivity index (χ2v) is 5.22. The Bertz CT molecular complexity index is 391. The molecule has 0 aromatic heterocycles. The van der Waals surface area contributed by atoms with Crippen molar-refractivity contribution < 1.29 is 14.2 Å². The van der Waals surface area contributed by atoms with E-state index in [1.807, 2.05) is 24.3 Å². The molecule has 1 aromatic rings. The zero-order chi connectivity index (χ0) is 14.2. The zero-order valence-electron chi connectivity index (χ0n) is 12.4. The number of methoxy groups -OCH3 is 1. The van der Waals surface area contributed by atoms with E-state index >= 15 is 0 Å². The molecule has 1 fully saturated rings. The first-order valence-electron chi connectivity index (χ1n) is 7.39. The lowest BCUT2D eigenvalue weighted by atomic mass is 9.94. The molecular weight excluding hydrogens is 254 g/mol. The predicted molar refractivity (Wildman–Crippen MR) is 79.5 cm³/mol. The van der Waals surface area contributed by atoms with Gasteiger partial charge in [-0.05, 0) is 38.4 Å². The maximum atomic E-state index is 6.11. The van der Waals surface area contributed by atoms with Crippen LogP contribution in [0.3, 0.4) is 0 Å². The number of nitrogens with one attached hydrogen (secondary N) is 1. The Balaban J connectivity index is 1.93. The average Bonchev–Trinajstić information content (AvgIpc) is 2.50. The number of para-hydroxylation sites is 2. The number of hydrogen-bond acceptors (Lipinski definition) is 4. The van der Waals surface area contributed by atoms with Crippen LogP contribution >= 0.6 is 0 Å². The van der Waals surface area contributed by atoms with Gasteiger partial charge >= 0.3 is 0 Å².